The smallest absolute Gasteiger partial charge is 0.0787 e. The third-order valence-corrected chi connectivity index (χ3v) is 2.13. The van der Waals surface area contributed by atoms with Gasteiger partial charge in [0.2, 0.25) is 0 Å². The van der Waals surface area contributed by atoms with E-state index in [1.807, 2.05) is 0 Å². The summed E-state index contributed by atoms with van der Waals surface area (Å²) in [6.07, 6.45) is 0. The van der Waals surface area contributed by atoms with Crippen LogP contribution in [-0.4, -0.2) is 13.2 Å². The zero-order valence-corrected chi connectivity index (χ0v) is 7.53. The number of rotatable bonds is 3. The quantitative estimate of drug-likeness (QED) is 0.739. The maximum atomic E-state index is 4.93. The summed E-state index contributed by atoms with van der Waals surface area (Å²) in [5.41, 5.74) is 0. The molecule has 8 heavy (non-hydrogen) atoms. The lowest BCUT2D eigenvalue weighted by atomic mass is 10.7. The summed E-state index contributed by atoms with van der Waals surface area (Å²) in [6.45, 7) is 4.61. The van der Waals surface area contributed by atoms with E-state index in [4.69, 9.17) is 4.74 Å². The first-order valence-electron chi connectivity index (χ1n) is 2.13. The third kappa shape index (κ3) is 4.81. The van der Waals surface area contributed by atoms with Crippen LogP contribution in [0.25, 0.3) is 0 Å². The van der Waals surface area contributed by atoms with E-state index in [-0.39, 0.29) is 0 Å². The molecule has 1 nitrogen and oxygen atoms in total. The average molecular weight is 243 g/mol. The SMILES string of the molecule is [CH2]COC/C(Br)=C/Br. The van der Waals surface area contributed by atoms with Crippen molar-refractivity contribution in [3.8, 4) is 0 Å². The second-order valence-corrected chi connectivity index (χ2v) is 2.58. The molecule has 3 heteroatoms. The fraction of sp³-hybridized carbons (Fsp3) is 0.400. The van der Waals surface area contributed by atoms with Crippen molar-refractivity contribution in [2.75, 3.05) is 13.2 Å². The predicted octanol–water partition coefficient (Wildman–Crippen LogP) is 2.47. The fourth-order valence-electron chi connectivity index (χ4n) is 0.201. The summed E-state index contributed by atoms with van der Waals surface area (Å²) < 4.78 is 5.92. The summed E-state index contributed by atoms with van der Waals surface area (Å²) in [5.74, 6) is 0. The molecule has 0 N–H and O–H groups in total. The monoisotopic (exact) mass is 241 g/mol. The molecule has 0 atom stereocenters. The van der Waals surface area contributed by atoms with E-state index >= 15 is 0 Å². The van der Waals surface area contributed by atoms with Crippen LogP contribution >= 0.6 is 31.9 Å². The van der Waals surface area contributed by atoms with Gasteiger partial charge in [0.15, 0.2) is 0 Å². The van der Waals surface area contributed by atoms with Crippen LogP contribution in [0.15, 0.2) is 9.47 Å². The summed E-state index contributed by atoms with van der Waals surface area (Å²) in [5, 5.41) is 0. The minimum Gasteiger partial charge on any atom is -0.376 e. The Bertz CT molecular complexity index is 80.5. The van der Waals surface area contributed by atoms with E-state index in [0.29, 0.717) is 13.2 Å². The van der Waals surface area contributed by atoms with Crippen LogP contribution in [0.5, 0.6) is 0 Å². The van der Waals surface area contributed by atoms with Gasteiger partial charge in [0.25, 0.3) is 0 Å². The number of hydrogen-bond donors (Lipinski definition) is 0. The molecule has 1 radical (unpaired) electrons. The molecule has 0 unspecified atom stereocenters. The van der Waals surface area contributed by atoms with E-state index in [1.165, 1.54) is 0 Å². The highest BCUT2D eigenvalue weighted by molar-refractivity contribution is 9.14. The molecule has 0 saturated carbocycles. The maximum Gasteiger partial charge on any atom is 0.0787 e. The minimum atomic E-state index is 0.510. The topological polar surface area (TPSA) is 9.23 Å². The van der Waals surface area contributed by atoms with Gasteiger partial charge in [-0.1, -0.05) is 31.9 Å². The molecule has 0 saturated heterocycles. The molecule has 0 aliphatic carbocycles. The van der Waals surface area contributed by atoms with Crippen molar-refractivity contribution in [3.05, 3.63) is 16.4 Å². The van der Waals surface area contributed by atoms with Crippen LogP contribution in [0, 0.1) is 6.92 Å². The molecule has 0 aliphatic rings. The van der Waals surface area contributed by atoms with E-state index in [0.717, 1.165) is 4.48 Å². The Morgan fingerprint density at radius 1 is 1.75 bits per heavy atom. The molecule has 0 bridgehead atoms. The number of hydrogen-bond acceptors (Lipinski definition) is 1. The highest BCUT2D eigenvalue weighted by atomic mass is 79.9. The van der Waals surface area contributed by atoms with Gasteiger partial charge in [-0.15, -0.1) is 0 Å². The second-order valence-electron chi connectivity index (χ2n) is 1.11. The van der Waals surface area contributed by atoms with Gasteiger partial charge in [0.05, 0.1) is 6.61 Å². The number of ether oxygens (including phenoxy) is 1. The molecule has 0 spiro atoms. The molecule has 0 aromatic rings. The van der Waals surface area contributed by atoms with E-state index in [9.17, 15) is 0 Å². The van der Waals surface area contributed by atoms with E-state index in [2.05, 4.69) is 38.8 Å². The Kier molecular flexibility index (Phi) is 6.27. The van der Waals surface area contributed by atoms with Crippen molar-refractivity contribution in [3.63, 3.8) is 0 Å². The summed E-state index contributed by atoms with van der Waals surface area (Å²) in [7, 11) is 0. The van der Waals surface area contributed by atoms with Gasteiger partial charge in [-0.3, -0.25) is 0 Å². The van der Waals surface area contributed by atoms with Crippen LogP contribution in [-0.2, 0) is 4.74 Å². The van der Waals surface area contributed by atoms with Crippen LogP contribution in [0.1, 0.15) is 0 Å². The Balaban J connectivity index is 3.12. The Labute approximate surface area is 66.4 Å². The predicted molar refractivity (Wildman–Crippen MR) is 42.1 cm³/mol. The molecule has 0 fully saturated rings. The largest absolute Gasteiger partial charge is 0.376 e. The lowest BCUT2D eigenvalue weighted by Crippen LogP contribution is -1.91. The van der Waals surface area contributed by atoms with Gasteiger partial charge in [-0.25, -0.2) is 0 Å². The van der Waals surface area contributed by atoms with Crippen LogP contribution in [0.2, 0.25) is 0 Å². The van der Waals surface area contributed by atoms with Gasteiger partial charge >= 0.3 is 0 Å². The van der Waals surface area contributed by atoms with Crippen molar-refractivity contribution in [2.45, 2.75) is 0 Å². The van der Waals surface area contributed by atoms with Crippen LogP contribution < -0.4 is 0 Å². The molecule has 0 aliphatic heterocycles. The van der Waals surface area contributed by atoms with Crippen molar-refractivity contribution in [1.29, 1.82) is 0 Å². The van der Waals surface area contributed by atoms with Crippen LogP contribution in [0.4, 0.5) is 0 Å². The molecular formula is C5H7Br2O. The van der Waals surface area contributed by atoms with Crippen molar-refractivity contribution >= 4 is 31.9 Å². The Morgan fingerprint density at radius 2 is 2.38 bits per heavy atom. The average Bonchev–Trinajstić information content (AvgIpc) is 1.83. The lowest BCUT2D eigenvalue weighted by molar-refractivity contribution is 0.191. The highest BCUT2D eigenvalue weighted by Crippen LogP contribution is 2.06. The first-order valence-corrected chi connectivity index (χ1v) is 3.84. The standard InChI is InChI=1S/C5H7Br2O/c1-2-8-4-5(7)3-6/h3H,1-2,4H2/b5-3-. The first kappa shape index (κ1) is 8.66. The third-order valence-electron chi connectivity index (χ3n) is 0.503. The van der Waals surface area contributed by atoms with Gasteiger partial charge < -0.3 is 4.74 Å². The summed E-state index contributed by atoms with van der Waals surface area (Å²) >= 11 is 6.37. The normalized spacial score (nSPS) is 12.1. The maximum absolute atomic E-state index is 4.93. The first-order chi connectivity index (χ1) is 3.81. The van der Waals surface area contributed by atoms with E-state index < -0.39 is 0 Å². The van der Waals surface area contributed by atoms with Gasteiger partial charge in [0, 0.05) is 11.1 Å². The molecule has 47 valence electrons. The van der Waals surface area contributed by atoms with Crippen molar-refractivity contribution < 1.29 is 4.74 Å². The lowest BCUT2D eigenvalue weighted by Gasteiger charge is -1.95. The minimum absolute atomic E-state index is 0.510. The zero-order valence-electron chi connectivity index (χ0n) is 4.36. The molecule has 0 amide bonds. The molecule has 0 rings (SSSR count). The van der Waals surface area contributed by atoms with Crippen molar-refractivity contribution in [1.82, 2.24) is 0 Å². The van der Waals surface area contributed by atoms with Crippen molar-refractivity contribution in [2.24, 2.45) is 0 Å². The zero-order chi connectivity index (χ0) is 6.41. The second kappa shape index (κ2) is 5.79. The highest BCUT2D eigenvalue weighted by Gasteiger charge is 1.86. The molecule has 0 aromatic carbocycles. The Hall–Kier alpha value is 0.660. The molecular weight excluding hydrogens is 236 g/mol. The van der Waals surface area contributed by atoms with Gasteiger partial charge in [0.1, 0.15) is 0 Å². The summed E-state index contributed by atoms with van der Waals surface area (Å²) in [4.78, 5) is 1.77. The fourth-order valence-corrected chi connectivity index (χ4v) is 0.495. The van der Waals surface area contributed by atoms with Crippen LogP contribution in [0.3, 0.4) is 0 Å². The Morgan fingerprint density at radius 3 is 2.75 bits per heavy atom. The summed E-state index contributed by atoms with van der Waals surface area (Å²) in [6, 6.07) is 0. The van der Waals surface area contributed by atoms with Gasteiger partial charge in [-0.2, -0.15) is 0 Å². The molecule has 0 heterocycles. The number of halogens is 2. The van der Waals surface area contributed by atoms with Gasteiger partial charge in [-0.05, 0) is 11.9 Å². The molecule has 0 aromatic heterocycles. The van der Waals surface area contributed by atoms with E-state index in [1.54, 1.807) is 4.99 Å².